The Labute approximate surface area is 188 Å². The van der Waals surface area contributed by atoms with Crippen LogP contribution >= 0.6 is 23.8 Å². The fourth-order valence-corrected chi connectivity index (χ4v) is 2.90. The predicted molar refractivity (Wildman–Crippen MR) is 123 cm³/mol. The van der Waals surface area contributed by atoms with Gasteiger partial charge >= 0.3 is 0 Å². The monoisotopic (exact) mass is 452 g/mol. The molecule has 0 bridgehead atoms. The van der Waals surface area contributed by atoms with E-state index in [0.29, 0.717) is 16.8 Å². The molecule has 0 unspecified atom stereocenters. The number of carbonyl (C=O) groups is 3. The number of anilines is 1. The minimum Gasteiger partial charge on any atom is -0.322 e. The van der Waals surface area contributed by atoms with Crippen molar-refractivity contribution in [1.29, 1.82) is 0 Å². The number of benzene rings is 3. The molecule has 9 heteroatoms. The molecule has 0 heterocycles. The summed E-state index contributed by atoms with van der Waals surface area (Å²) >= 11 is 11.0. The lowest BCUT2D eigenvalue weighted by Gasteiger charge is -2.12. The quantitative estimate of drug-likeness (QED) is 0.358. The lowest BCUT2D eigenvalue weighted by Crippen LogP contribution is -2.48. The average molecular weight is 453 g/mol. The maximum absolute atomic E-state index is 12.3. The van der Waals surface area contributed by atoms with Crippen molar-refractivity contribution in [2.45, 2.75) is 0 Å². The van der Waals surface area contributed by atoms with Crippen molar-refractivity contribution in [3.05, 3.63) is 101 Å². The van der Waals surface area contributed by atoms with Crippen LogP contribution in [0.4, 0.5) is 5.69 Å². The van der Waals surface area contributed by atoms with Crippen molar-refractivity contribution in [1.82, 2.24) is 16.2 Å². The molecule has 0 aliphatic heterocycles. The van der Waals surface area contributed by atoms with Crippen LogP contribution in [0, 0.1) is 0 Å². The molecule has 3 amide bonds. The second-order valence-corrected chi connectivity index (χ2v) is 7.06. The molecule has 0 aliphatic carbocycles. The van der Waals surface area contributed by atoms with Crippen LogP contribution in [0.25, 0.3) is 0 Å². The van der Waals surface area contributed by atoms with Gasteiger partial charge in [-0.2, -0.15) is 0 Å². The van der Waals surface area contributed by atoms with E-state index in [-0.39, 0.29) is 21.6 Å². The van der Waals surface area contributed by atoms with E-state index in [0.717, 1.165) is 0 Å². The summed E-state index contributed by atoms with van der Waals surface area (Å²) in [7, 11) is 0. The van der Waals surface area contributed by atoms with Gasteiger partial charge in [0.2, 0.25) is 0 Å². The lowest BCUT2D eigenvalue weighted by atomic mass is 10.1. The highest BCUT2D eigenvalue weighted by atomic mass is 35.5. The Morgan fingerprint density at radius 2 is 1.29 bits per heavy atom. The van der Waals surface area contributed by atoms with Gasteiger partial charge < -0.3 is 5.32 Å². The summed E-state index contributed by atoms with van der Waals surface area (Å²) < 4.78 is 0. The molecule has 4 N–H and O–H groups in total. The third-order valence-electron chi connectivity index (χ3n) is 4.08. The highest BCUT2D eigenvalue weighted by molar-refractivity contribution is 7.80. The molecule has 0 radical (unpaired) electrons. The minimum absolute atomic E-state index is 0.0926. The smallest absolute Gasteiger partial charge is 0.269 e. The average Bonchev–Trinajstić information content (AvgIpc) is 2.78. The number of hydrazine groups is 1. The molecule has 3 aromatic carbocycles. The SMILES string of the molecule is O=C(NNC(=S)NC(=O)c1ccccc1Cl)c1ccc(NC(=O)c2ccccc2)cc1. The Kier molecular flexibility index (Phi) is 7.31. The third kappa shape index (κ3) is 6.11. The largest absolute Gasteiger partial charge is 0.322 e. The normalized spacial score (nSPS) is 9.97. The molecule has 31 heavy (non-hydrogen) atoms. The molecular formula is C22H17ClN4O3S. The zero-order chi connectivity index (χ0) is 22.2. The predicted octanol–water partition coefficient (Wildman–Crippen LogP) is 3.54. The number of halogens is 1. The number of amides is 3. The molecule has 156 valence electrons. The maximum Gasteiger partial charge on any atom is 0.269 e. The molecule has 3 aromatic rings. The molecular weight excluding hydrogens is 436 g/mol. The second-order valence-electron chi connectivity index (χ2n) is 6.24. The van der Waals surface area contributed by atoms with Gasteiger partial charge in [0, 0.05) is 16.8 Å². The number of nitrogens with one attached hydrogen (secondary N) is 4. The zero-order valence-corrected chi connectivity index (χ0v) is 17.6. The number of hydrogen-bond acceptors (Lipinski definition) is 4. The first kappa shape index (κ1) is 21.9. The van der Waals surface area contributed by atoms with E-state index in [9.17, 15) is 14.4 Å². The van der Waals surface area contributed by atoms with E-state index < -0.39 is 11.8 Å². The first-order valence-corrected chi connectivity index (χ1v) is 9.85. The van der Waals surface area contributed by atoms with Crippen molar-refractivity contribution in [2.24, 2.45) is 0 Å². The van der Waals surface area contributed by atoms with E-state index in [1.807, 2.05) is 6.07 Å². The van der Waals surface area contributed by atoms with Gasteiger partial charge in [0.05, 0.1) is 10.6 Å². The van der Waals surface area contributed by atoms with Gasteiger partial charge in [0.1, 0.15) is 0 Å². The molecule has 0 atom stereocenters. The molecule has 0 aliphatic rings. The van der Waals surface area contributed by atoms with Crippen molar-refractivity contribution in [2.75, 3.05) is 5.32 Å². The number of hydrogen-bond donors (Lipinski definition) is 4. The molecule has 0 aromatic heterocycles. The number of thiocarbonyl (C=S) groups is 1. The summed E-state index contributed by atoms with van der Waals surface area (Å²) in [6.45, 7) is 0. The molecule has 0 saturated carbocycles. The second kappa shape index (κ2) is 10.3. The van der Waals surface area contributed by atoms with Crippen molar-refractivity contribution in [3.8, 4) is 0 Å². The Bertz CT molecular complexity index is 1120. The summed E-state index contributed by atoms with van der Waals surface area (Å²) in [6, 6.07) is 21.6. The summed E-state index contributed by atoms with van der Waals surface area (Å²) in [5, 5.41) is 5.37. The van der Waals surface area contributed by atoms with Crippen LogP contribution in [-0.4, -0.2) is 22.8 Å². The summed E-state index contributed by atoms with van der Waals surface area (Å²) in [6.07, 6.45) is 0. The van der Waals surface area contributed by atoms with Crippen LogP contribution in [0.5, 0.6) is 0 Å². The first-order chi connectivity index (χ1) is 14.9. The van der Waals surface area contributed by atoms with Crippen molar-refractivity contribution >= 4 is 52.3 Å². The van der Waals surface area contributed by atoms with E-state index >= 15 is 0 Å². The van der Waals surface area contributed by atoms with Gasteiger partial charge in [-0.25, -0.2) is 0 Å². The van der Waals surface area contributed by atoms with E-state index in [1.54, 1.807) is 72.8 Å². The van der Waals surface area contributed by atoms with Crippen LogP contribution in [0.3, 0.4) is 0 Å². The van der Waals surface area contributed by atoms with Crippen molar-refractivity contribution < 1.29 is 14.4 Å². The standard InChI is InChI=1S/C22H17ClN4O3S/c23-18-9-5-4-8-17(18)21(30)25-22(31)27-26-20(29)15-10-12-16(13-11-15)24-19(28)14-6-2-1-3-7-14/h1-13H,(H,24,28)(H,26,29)(H2,25,27,30,31). The third-order valence-corrected chi connectivity index (χ3v) is 4.61. The lowest BCUT2D eigenvalue weighted by molar-refractivity contribution is 0.0934. The van der Waals surface area contributed by atoms with Crippen molar-refractivity contribution in [3.63, 3.8) is 0 Å². The Balaban J connectivity index is 1.50. The zero-order valence-electron chi connectivity index (χ0n) is 16.0. The first-order valence-electron chi connectivity index (χ1n) is 9.06. The van der Waals surface area contributed by atoms with Gasteiger partial charge in [-0.15, -0.1) is 0 Å². The topological polar surface area (TPSA) is 99.3 Å². The molecule has 0 spiro atoms. The number of rotatable bonds is 4. The van der Waals surface area contributed by atoms with E-state index in [2.05, 4.69) is 21.5 Å². The van der Waals surface area contributed by atoms with Gasteiger partial charge in [-0.05, 0) is 60.7 Å². The van der Waals surface area contributed by atoms with Gasteiger partial charge in [0.25, 0.3) is 17.7 Å². The fraction of sp³-hybridized carbons (Fsp3) is 0. The van der Waals surface area contributed by atoms with Crippen LogP contribution in [0.15, 0.2) is 78.9 Å². The van der Waals surface area contributed by atoms with Gasteiger partial charge in [0.15, 0.2) is 5.11 Å². The van der Waals surface area contributed by atoms with E-state index in [4.69, 9.17) is 23.8 Å². The minimum atomic E-state index is -0.504. The fourth-order valence-electron chi connectivity index (χ4n) is 2.53. The van der Waals surface area contributed by atoms with Crippen LogP contribution in [-0.2, 0) is 0 Å². The Morgan fingerprint density at radius 3 is 1.97 bits per heavy atom. The Hall–Kier alpha value is -3.75. The van der Waals surface area contributed by atoms with E-state index in [1.165, 1.54) is 0 Å². The summed E-state index contributed by atoms with van der Waals surface area (Å²) in [5.41, 5.74) is 6.50. The molecule has 0 fully saturated rings. The Morgan fingerprint density at radius 1 is 0.677 bits per heavy atom. The molecule has 0 saturated heterocycles. The van der Waals surface area contributed by atoms with Crippen LogP contribution < -0.4 is 21.5 Å². The molecule has 7 nitrogen and oxygen atoms in total. The highest BCUT2D eigenvalue weighted by Crippen LogP contribution is 2.14. The summed E-state index contributed by atoms with van der Waals surface area (Å²) in [5.74, 6) is -1.23. The number of carbonyl (C=O) groups excluding carboxylic acids is 3. The van der Waals surface area contributed by atoms with Crippen LogP contribution in [0.2, 0.25) is 5.02 Å². The maximum atomic E-state index is 12.3. The highest BCUT2D eigenvalue weighted by Gasteiger charge is 2.12. The van der Waals surface area contributed by atoms with Gasteiger partial charge in [-0.1, -0.05) is 41.9 Å². The van der Waals surface area contributed by atoms with Crippen LogP contribution in [0.1, 0.15) is 31.1 Å². The molecule has 3 rings (SSSR count). The van der Waals surface area contributed by atoms with Gasteiger partial charge in [-0.3, -0.25) is 30.6 Å². The summed E-state index contributed by atoms with van der Waals surface area (Å²) in [4.78, 5) is 36.6.